The molecule has 0 unspecified atom stereocenters. The van der Waals surface area contributed by atoms with Crippen LogP contribution in [0.15, 0.2) is 17.7 Å². The van der Waals surface area contributed by atoms with Crippen LogP contribution in [-0.2, 0) is 4.79 Å². The SMILES string of the molecule is N#C/C(=C/c1cc(O)c(O)c([N+](=O)[O-])c1)C(=O)N1CCCCC1. The maximum Gasteiger partial charge on any atom is 0.315 e. The van der Waals surface area contributed by atoms with Gasteiger partial charge < -0.3 is 15.1 Å². The van der Waals surface area contributed by atoms with E-state index in [9.17, 15) is 30.4 Å². The molecular weight excluding hydrogens is 302 g/mol. The van der Waals surface area contributed by atoms with Crippen molar-refractivity contribution in [2.75, 3.05) is 13.1 Å². The largest absolute Gasteiger partial charge is 0.504 e. The van der Waals surface area contributed by atoms with Crippen LogP contribution in [0.4, 0.5) is 5.69 Å². The molecule has 1 aromatic carbocycles. The zero-order valence-electron chi connectivity index (χ0n) is 12.2. The molecule has 8 nitrogen and oxygen atoms in total. The molecule has 1 aliphatic rings. The minimum absolute atomic E-state index is 0.0916. The van der Waals surface area contributed by atoms with Gasteiger partial charge in [-0.25, -0.2) is 0 Å². The minimum Gasteiger partial charge on any atom is -0.504 e. The van der Waals surface area contributed by atoms with E-state index in [0.717, 1.165) is 31.4 Å². The number of benzene rings is 1. The number of piperidine rings is 1. The molecular formula is C15H15N3O5. The molecule has 23 heavy (non-hydrogen) atoms. The van der Waals surface area contributed by atoms with E-state index in [1.165, 1.54) is 6.08 Å². The molecule has 1 heterocycles. The molecule has 0 bridgehead atoms. The molecule has 0 atom stereocenters. The lowest BCUT2D eigenvalue weighted by atomic mass is 10.1. The standard InChI is InChI=1S/C15H15N3O5/c16-9-11(15(21)17-4-2-1-3-5-17)6-10-7-12(18(22)23)14(20)13(19)8-10/h6-8,19-20H,1-5H2/b11-6-. The van der Waals surface area contributed by atoms with Gasteiger partial charge in [0.2, 0.25) is 5.75 Å². The van der Waals surface area contributed by atoms with Gasteiger partial charge in [0.15, 0.2) is 5.75 Å². The van der Waals surface area contributed by atoms with Crippen LogP contribution in [0, 0.1) is 21.4 Å². The lowest BCUT2D eigenvalue weighted by Crippen LogP contribution is -2.36. The van der Waals surface area contributed by atoms with Crippen LogP contribution in [0.2, 0.25) is 0 Å². The first-order chi connectivity index (χ1) is 10.9. The van der Waals surface area contributed by atoms with E-state index < -0.39 is 28.0 Å². The van der Waals surface area contributed by atoms with Crippen molar-refractivity contribution in [1.82, 2.24) is 4.90 Å². The van der Waals surface area contributed by atoms with Crippen LogP contribution < -0.4 is 0 Å². The van der Waals surface area contributed by atoms with Crippen molar-refractivity contribution >= 4 is 17.7 Å². The average Bonchev–Trinajstić information content (AvgIpc) is 2.55. The number of hydrogen-bond acceptors (Lipinski definition) is 6. The predicted molar refractivity (Wildman–Crippen MR) is 80.4 cm³/mol. The van der Waals surface area contributed by atoms with Crippen molar-refractivity contribution in [2.45, 2.75) is 19.3 Å². The van der Waals surface area contributed by atoms with Crippen molar-refractivity contribution < 1.29 is 19.9 Å². The Morgan fingerprint density at radius 2 is 1.96 bits per heavy atom. The summed E-state index contributed by atoms with van der Waals surface area (Å²) in [6.45, 7) is 1.14. The van der Waals surface area contributed by atoms with Crippen LogP contribution in [0.5, 0.6) is 11.5 Å². The van der Waals surface area contributed by atoms with Crippen LogP contribution >= 0.6 is 0 Å². The Kier molecular flexibility index (Phi) is 4.81. The zero-order chi connectivity index (χ0) is 17.0. The Hall–Kier alpha value is -3.08. The normalized spacial score (nSPS) is 15.1. The Labute approximate surface area is 132 Å². The monoisotopic (exact) mass is 317 g/mol. The summed E-state index contributed by atoms with van der Waals surface area (Å²) in [5.41, 5.74) is -0.779. The molecule has 1 amide bonds. The van der Waals surface area contributed by atoms with Crippen molar-refractivity contribution in [1.29, 1.82) is 5.26 Å². The van der Waals surface area contributed by atoms with E-state index in [1.54, 1.807) is 11.0 Å². The van der Waals surface area contributed by atoms with Crippen molar-refractivity contribution in [3.8, 4) is 17.6 Å². The number of nitrogens with zero attached hydrogens (tertiary/aromatic N) is 3. The summed E-state index contributed by atoms with van der Waals surface area (Å²) < 4.78 is 0. The number of carbonyl (C=O) groups is 1. The number of carbonyl (C=O) groups excluding carboxylic acids is 1. The average molecular weight is 317 g/mol. The van der Waals surface area contributed by atoms with Crippen molar-refractivity contribution in [3.05, 3.63) is 33.4 Å². The lowest BCUT2D eigenvalue weighted by molar-refractivity contribution is -0.386. The molecule has 120 valence electrons. The van der Waals surface area contributed by atoms with E-state index in [4.69, 9.17) is 0 Å². The summed E-state index contributed by atoms with van der Waals surface area (Å²) in [6.07, 6.45) is 3.95. The molecule has 1 aliphatic heterocycles. The lowest BCUT2D eigenvalue weighted by Gasteiger charge is -2.26. The van der Waals surface area contributed by atoms with Crippen LogP contribution in [0.25, 0.3) is 6.08 Å². The molecule has 0 radical (unpaired) electrons. The third kappa shape index (κ3) is 3.58. The molecule has 2 N–H and O–H groups in total. The predicted octanol–water partition coefficient (Wildman–Crippen LogP) is 1.93. The topological polar surface area (TPSA) is 128 Å². The fraction of sp³-hybridized carbons (Fsp3) is 0.333. The van der Waals surface area contributed by atoms with Crippen LogP contribution in [-0.4, -0.2) is 39.0 Å². The highest BCUT2D eigenvalue weighted by Gasteiger charge is 2.22. The van der Waals surface area contributed by atoms with Gasteiger partial charge in [0.25, 0.3) is 5.91 Å². The number of nitro benzene ring substituents is 1. The summed E-state index contributed by atoms with van der Waals surface area (Å²) in [5.74, 6) is -1.98. The number of nitriles is 1. The summed E-state index contributed by atoms with van der Waals surface area (Å²) in [7, 11) is 0. The first kappa shape index (κ1) is 16.3. The maximum absolute atomic E-state index is 12.3. The van der Waals surface area contributed by atoms with E-state index >= 15 is 0 Å². The first-order valence-electron chi connectivity index (χ1n) is 7.05. The van der Waals surface area contributed by atoms with E-state index in [-0.39, 0.29) is 11.1 Å². The number of likely N-dealkylation sites (tertiary alicyclic amines) is 1. The molecule has 0 aliphatic carbocycles. The Morgan fingerprint density at radius 3 is 2.52 bits per heavy atom. The second-order valence-electron chi connectivity index (χ2n) is 5.19. The third-order valence-corrected chi connectivity index (χ3v) is 3.59. The number of rotatable bonds is 3. The Morgan fingerprint density at radius 1 is 1.30 bits per heavy atom. The fourth-order valence-corrected chi connectivity index (χ4v) is 2.42. The summed E-state index contributed by atoms with van der Waals surface area (Å²) in [6, 6.07) is 3.84. The second kappa shape index (κ2) is 6.79. The summed E-state index contributed by atoms with van der Waals surface area (Å²) in [4.78, 5) is 23.8. The molecule has 0 spiro atoms. The van der Waals surface area contributed by atoms with Gasteiger partial charge >= 0.3 is 5.69 Å². The number of phenols is 2. The highest BCUT2D eigenvalue weighted by atomic mass is 16.6. The minimum atomic E-state index is -0.856. The molecule has 8 heteroatoms. The van der Waals surface area contributed by atoms with E-state index in [0.29, 0.717) is 13.1 Å². The Bertz CT molecular complexity index is 715. The van der Waals surface area contributed by atoms with Gasteiger partial charge in [0.1, 0.15) is 11.6 Å². The van der Waals surface area contributed by atoms with Crippen LogP contribution in [0.1, 0.15) is 24.8 Å². The molecule has 0 saturated carbocycles. The molecule has 1 fully saturated rings. The van der Waals surface area contributed by atoms with Gasteiger partial charge in [-0.3, -0.25) is 14.9 Å². The first-order valence-corrected chi connectivity index (χ1v) is 7.05. The highest BCUT2D eigenvalue weighted by Crippen LogP contribution is 2.36. The molecule has 1 saturated heterocycles. The van der Waals surface area contributed by atoms with Gasteiger partial charge in [0, 0.05) is 19.2 Å². The number of hydrogen-bond donors (Lipinski definition) is 2. The fourth-order valence-electron chi connectivity index (χ4n) is 2.42. The zero-order valence-corrected chi connectivity index (χ0v) is 12.2. The Balaban J connectivity index is 2.36. The van der Waals surface area contributed by atoms with Crippen molar-refractivity contribution in [2.24, 2.45) is 0 Å². The van der Waals surface area contributed by atoms with Crippen molar-refractivity contribution in [3.63, 3.8) is 0 Å². The number of aromatic hydroxyl groups is 2. The van der Waals surface area contributed by atoms with E-state index in [2.05, 4.69) is 0 Å². The number of amides is 1. The highest BCUT2D eigenvalue weighted by molar-refractivity contribution is 6.01. The molecule has 1 aromatic rings. The number of nitro groups is 1. The molecule has 2 rings (SSSR count). The summed E-state index contributed by atoms with van der Waals surface area (Å²) in [5, 5.41) is 39.0. The van der Waals surface area contributed by atoms with Gasteiger partial charge in [0.05, 0.1) is 4.92 Å². The van der Waals surface area contributed by atoms with Gasteiger partial charge in [-0.15, -0.1) is 0 Å². The molecule has 0 aromatic heterocycles. The maximum atomic E-state index is 12.3. The van der Waals surface area contributed by atoms with Gasteiger partial charge in [-0.2, -0.15) is 5.26 Å². The second-order valence-corrected chi connectivity index (χ2v) is 5.19. The number of phenolic OH excluding ortho intramolecular Hbond substituents is 2. The van der Waals surface area contributed by atoms with Crippen LogP contribution in [0.3, 0.4) is 0 Å². The quantitative estimate of drug-likeness (QED) is 0.288. The van der Waals surface area contributed by atoms with E-state index in [1.807, 2.05) is 0 Å². The van der Waals surface area contributed by atoms with Gasteiger partial charge in [-0.05, 0) is 37.0 Å². The summed E-state index contributed by atoms with van der Waals surface area (Å²) >= 11 is 0. The smallest absolute Gasteiger partial charge is 0.315 e. The third-order valence-electron chi connectivity index (χ3n) is 3.59. The van der Waals surface area contributed by atoms with Gasteiger partial charge in [-0.1, -0.05) is 0 Å².